The summed E-state index contributed by atoms with van der Waals surface area (Å²) in [4.78, 5) is 20.2. The lowest BCUT2D eigenvalue weighted by Gasteiger charge is -2.12. The first-order chi connectivity index (χ1) is 13.0. The molecule has 0 spiro atoms. The fourth-order valence-electron chi connectivity index (χ4n) is 2.39. The van der Waals surface area contributed by atoms with Crippen LogP contribution >= 0.6 is 0 Å². The molecular weight excluding hydrogens is 352 g/mol. The molecule has 1 N–H and O–H groups in total. The Balaban J connectivity index is 1.69. The Morgan fingerprint density at radius 2 is 1.85 bits per heavy atom. The maximum atomic E-state index is 14.0. The van der Waals surface area contributed by atoms with Crippen LogP contribution in [0, 0.1) is 18.6 Å². The van der Waals surface area contributed by atoms with Crippen LogP contribution in [-0.4, -0.2) is 15.9 Å². The zero-order valence-corrected chi connectivity index (χ0v) is 14.6. The van der Waals surface area contributed by atoms with Crippen molar-refractivity contribution in [2.75, 3.05) is 0 Å². The lowest BCUT2D eigenvalue weighted by atomic mass is 10.2. The van der Waals surface area contributed by atoms with Crippen molar-refractivity contribution < 1.29 is 18.3 Å². The Kier molecular flexibility index (Phi) is 5.71. The molecule has 3 aromatic rings. The fourth-order valence-corrected chi connectivity index (χ4v) is 2.39. The van der Waals surface area contributed by atoms with E-state index in [0.29, 0.717) is 11.3 Å². The van der Waals surface area contributed by atoms with Gasteiger partial charge in [0.15, 0.2) is 11.6 Å². The first-order valence-electron chi connectivity index (χ1n) is 8.27. The van der Waals surface area contributed by atoms with E-state index in [-0.39, 0.29) is 36.1 Å². The van der Waals surface area contributed by atoms with Crippen LogP contribution in [0.25, 0.3) is 0 Å². The van der Waals surface area contributed by atoms with Gasteiger partial charge in [-0.05, 0) is 36.8 Å². The lowest BCUT2D eigenvalue weighted by molar-refractivity contribution is -0.120. The standard InChI is InChI=1S/C20H17F2N3O2/c1-13-7-8-16(19(22)18(13)21)27-20-14(5-4-10-24-20)12-25-17(26)11-15-6-2-3-9-23-15/h2-10H,11-12H2,1H3,(H,25,26). The summed E-state index contributed by atoms with van der Waals surface area (Å²) in [5.74, 6) is -2.44. The monoisotopic (exact) mass is 369 g/mol. The number of carbonyl (C=O) groups excluding carboxylic acids is 1. The van der Waals surface area contributed by atoms with Gasteiger partial charge in [-0.25, -0.2) is 9.37 Å². The molecule has 2 heterocycles. The van der Waals surface area contributed by atoms with Gasteiger partial charge >= 0.3 is 0 Å². The number of rotatable bonds is 6. The van der Waals surface area contributed by atoms with E-state index in [4.69, 9.17) is 4.74 Å². The molecule has 0 atom stereocenters. The molecule has 5 nitrogen and oxygen atoms in total. The van der Waals surface area contributed by atoms with E-state index in [0.717, 1.165) is 0 Å². The van der Waals surface area contributed by atoms with Crippen LogP contribution in [0.5, 0.6) is 11.6 Å². The summed E-state index contributed by atoms with van der Waals surface area (Å²) >= 11 is 0. The largest absolute Gasteiger partial charge is 0.435 e. The highest BCUT2D eigenvalue weighted by Crippen LogP contribution is 2.28. The van der Waals surface area contributed by atoms with Crippen molar-refractivity contribution in [3.05, 3.63) is 83.3 Å². The molecule has 0 saturated heterocycles. The lowest BCUT2D eigenvalue weighted by Crippen LogP contribution is -2.25. The molecule has 0 bridgehead atoms. The van der Waals surface area contributed by atoms with Gasteiger partial charge in [0.25, 0.3) is 0 Å². The molecule has 0 fully saturated rings. The topological polar surface area (TPSA) is 64.1 Å². The third-order valence-electron chi connectivity index (χ3n) is 3.84. The quantitative estimate of drug-likeness (QED) is 0.719. The molecular formula is C20H17F2N3O2. The second kappa shape index (κ2) is 8.35. The van der Waals surface area contributed by atoms with Gasteiger partial charge in [-0.2, -0.15) is 4.39 Å². The Labute approximate surface area is 155 Å². The van der Waals surface area contributed by atoms with Gasteiger partial charge in [-0.15, -0.1) is 0 Å². The van der Waals surface area contributed by atoms with E-state index in [1.165, 1.54) is 25.3 Å². The smallest absolute Gasteiger partial charge is 0.226 e. The number of benzene rings is 1. The summed E-state index contributed by atoms with van der Waals surface area (Å²) in [7, 11) is 0. The number of nitrogens with zero attached hydrogens (tertiary/aromatic N) is 2. The van der Waals surface area contributed by atoms with Gasteiger partial charge < -0.3 is 10.1 Å². The number of nitrogens with one attached hydrogen (secondary N) is 1. The highest BCUT2D eigenvalue weighted by Gasteiger charge is 2.15. The van der Waals surface area contributed by atoms with Crippen LogP contribution in [0.4, 0.5) is 8.78 Å². The van der Waals surface area contributed by atoms with Gasteiger partial charge in [0, 0.05) is 30.2 Å². The van der Waals surface area contributed by atoms with Crippen LogP contribution in [-0.2, 0) is 17.8 Å². The predicted octanol–water partition coefficient (Wildman–Crippen LogP) is 3.71. The van der Waals surface area contributed by atoms with E-state index in [2.05, 4.69) is 15.3 Å². The van der Waals surface area contributed by atoms with Crippen LogP contribution < -0.4 is 10.1 Å². The molecule has 3 rings (SSSR count). The predicted molar refractivity (Wildman–Crippen MR) is 95.2 cm³/mol. The number of pyridine rings is 2. The minimum absolute atomic E-state index is 0.0952. The Bertz CT molecular complexity index is 949. The van der Waals surface area contributed by atoms with Crippen LogP contribution in [0.3, 0.4) is 0 Å². The van der Waals surface area contributed by atoms with Crippen molar-refractivity contribution in [1.82, 2.24) is 15.3 Å². The number of aryl methyl sites for hydroxylation is 1. The maximum absolute atomic E-state index is 14.0. The van der Waals surface area contributed by atoms with Crippen LogP contribution in [0.1, 0.15) is 16.8 Å². The molecule has 0 radical (unpaired) electrons. The van der Waals surface area contributed by atoms with Gasteiger partial charge in [0.1, 0.15) is 0 Å². The Morgan fingerprint density at radius 3 is 2.63 bits per heavy atom. The molecule has 0 aliphatic heterocycles. The Morgan fingerprint density at radius 1 is 1.04 bits per heavy atom. The SMILES string of the molecule is Cc1ccc(Oc2ncccc2CNC(=O)Cc2ccccn2)c(F)c1F. The summed E-state index contributed by atoms with van der Waals surface area (Å²) in [6.07, 6.45) is 3.22. The molecule has 0 saturated carbocycles. The van der Waals surface area contributed by atoms with E-state index >= 15 is 0 Å². The van der Waals surface area contributed by atoms with Gasteiger partial charge in [0.2, 0.25) is 17.6 Å². The van der Waals surface area contributed by atoms with Crippen molar-refractivity contribution in [2.45, 2.75) is 19.9 Å². The number of hydrogen-bond donors (Lipinski definition) is 1. The highest BCUT2D eigenvalue weighted by atomic mass is 19.2. The maximum Gasteiger partial charge on any atom is 0.226 e. The molecule has 138 valence electrons. The minimum Gasteiger partial charge on any atom is -0.435 e. The van der Waals surface area contributed by atoms with E-state index in [1.807, 2.05) is 0 Å². The Hall–Kier alpha value is -3.35. The summed E-state index contributed by atoms with van der Waals surface area (Å²) in [5.41, 5.74) is 1.37. The van der Waals surface area contributed by atoms with Crippen molar-refractivity contribution >= 4 is 5.91 Å². The summed E-state index contributed by atoms with van der Waals surface area (Å²) < 4.78 is 33.2. The molecule has 0 unspecified atom stereocenters. The van der Waals surface area contributed by atoms with Crippen molar-refractivity contribution in [3.8, 4) is 11.6 Å². The number of aromatic nitrogens is 2. The molecule has 1 aromatic carbocycles. The zero-order valence-electron chi connectivity index (χ0n) is 14.6. The van der Waals surface area contributed by atoms with Gasteiger partial charge in [-0.3, -0.25) is 9.78 Å². The average molecular weight is 369 g/mol. The molecule has 27 heavy (non-hydrogen) atoms. The average Bonchev–Trinajstić information content (AvgIpc) is 2.68. The molecule has 1 amide bonds. The van der Waals surface area contributed by atoms with Crippen LogP contribution in [0.15, 0.2) is 54.9 Å². The molecule has 2 aromatic heterocycles. The number of carbonyl (C=O) groups is 1. The summed E-state index contributed by atoms with van der Waals surface area (Å²) in [6, 6.07) is 11.4. The van der Waals surface area contributed by atoms with E-state index in [1.54, 1.807) is 36.5 Å². The summed E-state index contributed by atoms with van der Waals surface area (Å²) in [5, 5.41) is 2.74. The van der Waals surface area contributed by atoms with E-state index in [9.17, 15) is 13.6 Å². The number of ether oxygens (including phenoxy) is 1. The molecule has 0 aliphatic carbocycles. The third-order valence-corrected chi connectivity index (χ3v) is 3.84. The zero-order chi connectivity index (χ0) is 19.2. The first kappa shape index (κ1) is 18.4. The highest BCUT2D eigenvalue weighted by molar-refractivity contribution is 5.78. The minimum atomic E-state index is -1.08. The number of halogens is 2. The third kappa shape index (κ3) is 4.63. The van der Waals surface area contributed by atoms with Crippen LogP contribution in [0.2, 0.25) is 0 Å². The van der Waals surface area contributed by atoms with Gasteiger partial charge in [-0.1, -0.05) is 18.2 Å². The van der Waals surface area contributed by atoms with Crippen molar-refractivity contribution in [3.63, 3.8) is 0 Å². The van der Waals surface area contributed by atoms with Crippen molar-refractivity contribution in [2.24, 2.45) is 0 Å². The normalized spacial score (nSPS) is 10.5. The first-order valence-corrected chi connectivity index (χ1v) is 8.27. The number of hydrogen-bond acceptors (Lipinski definition) is 4. The fraction of sp³-hybridized carbons (Fsp3) is 0.150. The van der Waals surface area contributed by atoms with Crippen molar-refractivity contribution in [1.29, 1.82) is 0 Å². The second-order valence-electron chi connectivity index (χ2n) is 5.85. The second-order valence-corrected chi connectivity index (χ2v) is 5.85. The van der Waals surface area contributed by atoms with Gasteiger partial charge in [0.05, 0.1) is 6.42 Å². The van der Waals surface area contributed by atoms with E-state index < -0.39 is 11.6 Å². The summed E-state index contributed by atoms with van der Waals surface area (Å²) in [6.45, 7) is 1.59. The number of amides is 1. The molecule has 0 aliphatic rings. The molecule has 7 heteroatoms.